The van der Waals surface area contributed by atoms with E-state index in [1.807, 2.05) is 0 Å². The van der Waals surface area contributed by atoms with Crippen LogP contribution in [-0.4, -0.2) is 40.7 Å². The van der Waals surface area contributed by atoms with Crippen molar-refractivity contribution < 1.29 is 18.7 Å². The molecule has 0 bridgehead atoms. The fourth-order valence-electron chi connectivity index (χ4n) is 0.835. The van der Waals surface area contributed by atoms with E-state index in [4.69, 9.17) is 19.2 Å². The zero-order chi connectivity index (χ0) is 13.3. The van der Waals surface area contributed by atoms with Gasteiger partial charge in [0.2, 0.25) is 0 Å². The predicted molar refractivity (Wildman–Crippen MR) is 65.8 cm³/mol. The Morgan fingerprint density at radius 1 is 1.24 bits per heavy atom. The Balaban J connectivity index is 3.40. The predicted octanol–water partition coefficient (Wildman–Crippen LogP) is 1.48. The molecule has 0 aliphatic rings. The molecule has 0 aromatic carbocycles. The van der Waals surface area contributed by atoms with Gasteiger partial charge in [0.05, 0.1) is 19.8 Å². The van der Waals surface area contributed by atoms with Crippen LogP contribution >= 0.6 is 0 Å². The van der Waals surface area contributed by atoms with E-state index < -0.39 is 14.3 Å². The molecule has 0 aromatic rings. The van der Waals surface area contributed by atoms with Gasteiger partial charge >= 0.3 is 5.97 Å². The first-order valence-electron chi connectivity index (χ1n) is 5.34. The van der Waals surface area contributed by atoms with Crippen molar-refractivity contribution in [2.45, 2.75) is 19.6 Å². The van der Waals surface area contributed by atoms with Crippen LogP contribution in [-0.2, 0) is 18.7 Å². The van der Waals surface area contributed by atoms with Gasteiger partial charge in [0.25, 0.3) is 0 Å². The minimum atomic E-state index is -1.48. The summed E-state index contributed by atoms with van der Waals surface area (Å²) in [6.07, 6.45) is 0. The molecule has 0 rings (SSSR count). The monoisotopic (exact) mass is 257 g/mol. The van der Waals surface area contributed by atoms with Gasteiger partial charge in [0.1, 0.15) is 18.2 Å². The number of carbonyl (C=O) groups excluding carboxylic acids is 1. The highest BCUT2D eigenvalue weighted by molar-refractivity contribution is 6.69. The summed E-state index contributed by atoms with van der Waals surface area (Å²) in [4.78, 5) is 11.0. The van der Waals surface area contributed by atoms with Crippen LogP contribution in [0.1, 0.15) is 0 Å². The minimum absolute atomic E-state index is 0.118. The average Bonchev–Trinajstić information content (AvgIpc) is 2.24. The first-order valence-corrected chi connectivity index (χ1v) is 8.75. The van der Waals surface area contributed by atoms with Gasteiger partial charge in [-0.15, -0.1) is 0 Å². The number of esters is 1. The summed E-state index contributed by atoms with van der Waals surface area (Å²) in [6, 6.07) is 1.62. The minimum Gasteiger partial charge on any atom is -0.459 e. The molecule has 0 aliphatic heterocycles. The Morgan fingerprint density at radius 3 is 2.35 bits per heavy atom. The molecular formula is C11H19NO4Si. The molecule has 96 valence electrons. The molecule has 0 amide bonds. The first-order chi connectivity index (χ1) is 7.87. The summed E-state index contributed by atoms with van der Waals surface area (Å²) in [5.74, 6) is -0.700. The third kappa shape index (κ3) is 9.75. The highest BCUT2D eigenvalue weighted by Crippen LogP contribution is 2.01. The highest BCUT2D eigenvalue weighted by Gasteiger charge is 2.13. The maximum Gasteiger partial charge on any atom is 0.348 e. The number of carbonyl (C=O) groups is 1. The second-order valence-electron chi connectivity index (χ2n) is 4.30. The topological polar surface area (TPSA) is 68.6 Å². The standard InChI is InChI=1S/C11H19NO4Si/c1-10(9-12)11(13)15-7-5-14-6-8-16-17(2,3)4/h1,5-8H2,2-4H3. The van der Waals surface area contributed by atoms with Crippen molar-refractivity contribution in [3.8, 4) is 6.07 Å². The maximum absolute atomic E-state index is 11.0. The van der Waals surface area contributed by atoms with E-state index in [0.29, 0.717) is 19.8 Å². The molecule has 0 aliphatic carbocycles. The molecule has 17 heavy (non-hydrogen) atoms. The molecule has 0 aromatic heterocycles. The van der Waals surface area contributed by atoms with E-state index in [1.165, 1.54) is 0 Å². The van der Waals surface area contributed by atoms with Crippen LogP contribution in [0, 0.1) is 11.3 Å². The van der Waals surface area contributed by atoms with Crippen LogP contribution in [0.3, 0.4) is 0 Å². The second kappa shape index (κ2) is 8.01. The zero-order valence-corrected chi connectivity index (χ0v) is 11.6. The van der Waals surface area contributed by atoms with E-state index in [9.17, 15) is 4.79 Å². The van der Waals surface area contributed by atoms with Gasteiger partial charge in [0, 0.05) is 0 Å². The van der Waals surface area contributed by atoms with Crippen LogP contribution in [0.15, 0.2) is 12.2 Å². The molecule has 6 heteroatoms. The van der Waals surface area contributed by atoms with Gasteiger partial charge in [-0.3, -0.25) is 0 Å². The Hall–Kier alpha value is -1.16. The summed E-state index contributed by atoms with van der Waals surface area (Å²) in [5, 5.41) is 8.36. The fraction of sp³-hybridized carbons (Fsp3) is 0.636. The van der Waals surface area contributed by atoms with E-state index >= 15 is 0 Å². The summed E-state index contributed by atoms with van der Waals surface area (Å²) >= 11 is 0. The van der Waals surface area contributed by atoms with Crippen molar-refractivity contribution in [3.63, 3.8) is 0 Å². The van der Waals surface area contributed by atoms with Crippen LogP contribution in [0.2, 0.25) is 19.6 Å². The number of rotatable bonds is 8. The summed E-state index contributed by atoms with van der Waals surface area (Å²) in [6.45, 7) is 11.0. The number of hydrogen-bond donors (Lipinski definition) is 0. The smallest absolute Gasteiger partial charge is 0.348 e. The molecule has 0 unspecified atom stereocenters. The van der Waals surface area contributed by atoms with Gasteiger partial charge in [-0.25, -0.2) is 4.79 Å². The quantitative estimate of drug-likeness (QED) is 0.216. The van der Waals surface area contributed by atoms with E-state index in [1.54, 1.807) is 6.07 Å². The van der Waals surface area contributed by atoms with E-state index in [2.05, 4.69) is 26.2 Å². The average molecular weight is 257 g/mol. The number of nitriles is 1. The number of hydrogen-bond acceptors (Lipinski definition) is 5. The van der Waals surface area contributed by atoms with Crippen molar-refractivity contribution in [2.75, 3.05) is 26.4 Å². The summed E-state index contributed by atoms with van der Waals surface area (Å²) in [5.41, 5.74) is -0.202. The molecule has 0 saturated heterocycles. The van der Waals surface area contributed by atoms with Crippen LogP contribution in [0.5, 0.6) is 0 Å². The molecule has 0 N–H and O–H groups in total. The Kier molecular flexibility index (Phi) is 7.46. The maximum atomic E-state index is 11.0. The molecule has 0 saturated carbocycles. The largest absolute Gasteiger partial charge is 0.459 e. The Labute approximate surface area is 103 Å². The van der Waals surface area contributed by atoms with Gasteiger partial charge < -0.3 is 13.9 Å². The Bertz CT molecular complexity index is 304. The van der Waals surface area contributed by atoms with Gasteiger partial charge in [-0.05, 0) is 19.6 Å². The lowest BCUT2D eigenvalue weighted by Gasteiger charge is -2.16. The molecular weight excluding hydrogens is 238 g/mol. The summed E-state index contributed by atoms with van der Waals surface area (Å²) < 4.78 is 15.5. The van der Waals surface area contributed by atoms with Crippen LogP contribution in [0.4, 0.5) is 0 Å². The normalized spacial score (nSPS) is 10.7. The van der Waals surface area contributed by atoms with Gasteiger partial charge in [-0.2, -0.15) is 5.26 Å². The molecule has 0 atom stereocenters. The fourth-order valence-corrected chi connectivity index (χ4v) is 1.53. The van der Waals surface area contributed by atoms with Crippen molar-refractivity contribution >= 4 is 14.3 Å². The third-order valence-electron chi connectivity index (χ3n) is 1.60. The second-order valence-corrected chi connectivity index (χ2v) is 8.81. The Morgan fingerprint density at radius 2 is 1.82 bits per heavy atom. The lowest BCUT2D eigenvalue weighted by molar-refractivity contribution is -0.140. The third-order valence-corrected chi connectivity index (χ3v) is 2.68. The zero-order valence-electron chi connectivity index (χ0n) is 10.6. The first kappa shape index (κ1) is 15.8. The molecule has 0 fully saturated rings. The van der Waals surface area contributed by atoms with Crippen LogP contribution < -0.4 is 0 Å². The van der Waals surface area contributed by atoms with Crippen molar-refractivity contribution in [1.82, 2.24) is 0 Å². The van der Waals surface area contributed by atoms with Crippen LogP contribution in [0.25, 0.3) is 0 Å². The summed E-state index contributed by atoms with van der Waals surface area (Å²) in [7, 11) is -1.48. The van der Waals surface area contributed by atoms with Crippen molar-refractivity contribution in [3.05, 3.63) is 12.2 Å². The lowest BCUT2D eigenvalue weighted by atomic mass is 10.3. The van der Waals surface area contributed by atoms with Crippen molar-refractivity contribution in [2.24, 2.45) is 0 Å². The van der Waals surface area contributed by atoms with Gasteiger partial charge in [-0.1, -0.05) is 6.58 Å². The van der Waals surface area contributed by atoms with E-state index in [0.717, 1.165) is 0 Å². The lowest BCUT2D eigenvalue weighted by Crippen LogP contribution is -2.27. The molecule has 0 spiro atoms. The number of ether oxygens (including phenoxy) is 2. The van der Waals surface area contributed by atoms with Crippen molar-refractivity contribution in [1.29, 1.82) is 5.26 Å². The van der Waals surface area contributed by atoms with Gasteiger partial charge in [0.15, 0.2) is 8.32 Å². The van der Waals surface area contributed by atoms with E-state index in [-0.39, 0.29) is 12.2 Å². The highest BCUT2D eigenvalue weighted by atomic mass is 28.4. The number of nitrogens with zero attached hydrogens (tertiary/aromatic N) is 1. The SMILES string of the molecule is C=C(C#N)C(=O)OCCOCCO[Si](C)(C)C. The molecule has 5 nitrogen and oxygen atoms in total. The molecule has 0 radical (unpaired) electrons. The molecule has 0 heterocycles.